The molecule has 0 unspecified atom stereocenters. The quantitative estimate of drug-likeness (QED) is 0.839. The van der Waals surface area contributed by atoms with E-state index in [1.165, 1.54) is 10.6 Å². The number of piperazine rings is 1. The third kappa shape index (κ3) is 2.78. The summed E-state index contributed by atoms with van der Waals surface area (Å²) in [7, 11) is 1.70. The van der Waals surface area contributed by atoms with Gasteiger partial charge < -0.3 is 14.4 Å². The molecule has 1 aliphatic rings. The van der Waals surface area contributed by atoms with Gasteiger partial charge in [-0.25, -0.2) is 0 Å². The van der Waals surface area contributed by atoms with Crippen molar-refractivity contribution in [1.82, 2.24) is 24.9 Å². The molecule has 1 N–H and O–H groups in total. The highest BCUT2D eigenvalue weighted by molar-refractivity contribution is 5.51. The lowest BCUT2D eigenvalue weighted by atomic mass is 10.2. The van der Waals surface area contributed by atoms with Crippen molar-refractivity contribution < 1.29 is 4.52 Å². The van der Waals surface area contributed by atoms with Crippen molar-refractivity contribution in [3.63, 3.8) is 0 Å². The normalized spacial score (nSPS) is 16.4. The highest BCUT2D eigenvalue weighted by Crippen LogP contribution is 2.15. The first-order chi connectivity index (χ1) is 9.72. The zero-order chi connectivity index (χ0) is 13.9. The van der Waals surface area contributed by atoms with Crippen LogP contribution in [-0.4, -0.2) is 45.8 Å². The van der Waals surface area contributed by atoms with Gasteiger partial charge in [-0.1, -0.05) is 5.16 Å². The fraction of sp³-hybridized carbons (Fsp3) is 0.462. The average molecular weight is 275 g/mol. The van der Waals surface area contributed by atoms with Crippen LogP contribution in [-0.2, 0) is 13.6 Å². The van der Waals surface area contributed by atoms with Crippen LogP contribution in [0.2, 0.25) is 0 Å². The first-order valence-corrected chi connectivity index (χ1v) is 6.65. The van der Waals surface area contributed by atoms with Crippen LogP contribution in [0, 0.1) is 0 Å². The molecule has 1 saturated heterocycles. The maximum atomic E-state index is 11.6. The van der Waals surface area contributed by atoms with Gasteiger partial charge in [0, 0.05) is 51.1 Å². The Hall–Kier alpha value is -1.99. The van der Waals surface area contributed by atoms with Crippen LogP contribution < -0.4 is 10.9 Å². The van der Waals surface area contributed by atoms with Gasteiger partial charge in [0.25, 0.3) is 11.4 Å². The molecule has 0 atom stereocenters. The summed E-state index contributed by atoms with van der Waals surface area (Å²) in [6.07, 6.45) is 1.69. The van der Waals surface area contributed by atoms with Crippen LogP contribution in [0.5, 0.6) is 0 Å². The Bertz CT molecular complexity index is 642. The molecular weight excluding hydrogens is 258 g/mol. The number of nitrogens with zero attached hydrogens (tertiary/aromatic N) is 4. The predicted molar refractivity (Wildman–Crippen MR) is 73.1 cm³/mol. The van der Waals surface area contributed by atoms with Gasteiger partial charge in [0.05, 0.1) is 6.54 Å². The number of rotatable bonds is 3. The monoisotopic (exact) mass is 275 g/mol. The zero-order valence-electron chi connectivity index (χ0n) is 11.4. The van der Waals surface area contributed by atoms with Crippen molar-refractivity contribution >= 4 is 0 Å². The van der Waals surface area contributed by atoms with Crippen molar-refractivity contribution in [3.05, 3.63) is 34.5 Å². The molecule has 0 saturated carbocycles. The largest absolute Gasteiger partial charge is 0.334 e. The van der Waals surface area contributed by atoms with Crippen LogP contribution in [0.4, 0.5) is 0 Å². The van der Waals surface area contributed by atoms with Gasteiger partial charge >= 0.3 is 0 Å². The Morgan fingerprint density at radius 3 is 2.95 bits per heavy atom. The van der Waals surface area contributed by atoms with Gasteiger partial charge in [0.1, 0.15) is 0 Å². The standard InChI is InChI=1S/C13H17N5O2/c1-17-5-2-10(8-12(17)19)13-15-11(16-20-13)9-18-6-3-14-4-7-18/h2,5,8,14H,3-4,6-7,9H2,1H3. The van der Waals surface area contributed by atoms with Gasteiger partial charge in [0.15, 0.2) is 5.82 Å². The third-order valence-electron chi connectivity index (χ3n) is 3.39. The Balaban J connectivity index is 1.75. The molecule has 7 nitrogen and oxygen atoms in total. The molecule has 3 heterocycles. The average Bonchev–Trinajstić information content (AvgIpc) is 2.91. The van der Waals surface area contributed by atoms with Crippen molar-refractivity contribution in [2.24, 2.45) is 7.05 Å². The Kier molecular flexibility index (Phi) is 3.62. The lowest BCUT2D eigenvalue weighted by Crippen LogP contribution is -2.43. The summed E-state index contributed by atoms with van der Waals surface area (Å²) in [6.45, 7) is 4.61. The van der Waals surface area contributed by atoms with Crippen LogP contribution in [0.3, 0.4) is 0 Å². The molecule has 0 radical (unpaired) electrons. The van der Waals surface area contributed by atoms with E-state index in [9.17, 15) is 4.79 Å². The number of pyridine rings is 1. The smallest absolute Gasteiger partial charge is 0.258 e. The molecule has 0 aliphatic carbocycles. The molecule has 20 heavy (non-hydrogen) atoms. The summed E-state index contributed by atoms with van der Waals surface area (Å²) in [4.78, 5) is 18.2. The molecule has 7 heteroatoms. The fourth-order valence-corrected chi connectivity index (χ4v) is 2.19. The van der Waals surface area contributed by atoms with E-state index in [4.69, 9.17) is 4.52 Å². The SMILES string of the molecule is Cn1ccc(-c2nc(CN3CCNCC3)no2)cc1=O. The summed E-state index contributed by atoms with van der Waals surface area (Å²) in [5.74, 6) is 1.05. The molecule has 3 rings (SSSR count). The summed E-state index contributed by atoms with van der Waals surface area (Å²) in [5, 5.41) is 7.28. The molecule has 0 amide bonds. The van der Waals surface area contributed by atoms with Gasteiger partial charge in [-0.05, 0) is 6.07 Å². The maximum absolute atomic E-state index is 11.6. The zero-order valence-corrected chi connectivity index (χ0v) is 11.4. The van der Waals surface area contributed by atoms with Gasteiger partial charge in [-0.15, -0.1) is 0 Å². The molecule has 0 aromatic carbocycles. The Morgan fingerprint density at radius 1 is 1.40 bits per heavy atom. The molecule has 1 aliphatic heterocycles. The lowest BCUT2D eigenvalue weighted by Gasteiger charge is -2.25. The first kappa shape index (κ1) is 13.0. The number of aryl methyl sites for hydroxylation is 1. The van der Waals surface area contributed by atoms with E-state index in [0.717, 1.165) is 26.2 Å². The molecule has 2 aromatic rings. The summed E-state index contributed by atoms with van der Waals surface area (Å²) < 4.78 is 6.74. The van der Waals surface area contributed by atoms with E-state index in [2.05, 4.69) is 20.4 Å². The highest BCUT2D eigenvalue weighted by Gasteiger charge is 2.15. The van der Waals surface area contributed by atoms with Crippen LogP contribution in [0.25, 0.3) is 11.5 Å². The van der Waals surface area contributed by atoms with Crippen molar-refractivity contribution in [2.45, 2.75) is 6.54 Å². The molecule has 106 valence electrons. The fourth-order valence-electron chi connectivity index (χ4n) is 2.19. The summed E-state index contributed by atoms with van der Waals surface area (Å²) in [5.41, 5.74) is 0.566. The second-order valence-corrected chi connectivity index (χ2v) is 4.91. The van der Waals surface area contributed by atoms with Crippen molar-refractivity contribution in [3.8, 4) is 11.5 Å². The minimum absolute atomic E-state index is 0.0932. The van der Waals surface area contributed by atoms with Crippen LogP contribution in [0.1, 0.15) is 5.82 Å². The highest BCUT2D eigenvalue weighted by atomic mass is 16.5. The van der Waals surface area contributed by atoms with Gasteiger partial charge in [0.2, 0.25) is 0 Å². The molecule has 0 bridgehead atoms. The number of nitrogens with one attached hydrogen (secondary N) is 1. The van der Waals surface area contributed by atoms with E-state index < -0.39 is 0 Å². The number of aromatic nitrogens is 3. The topological polar surface area (TPSA) is 76.2 Å². The van der Waals surface area contributed by atoms with Gasteiger partial charge in [-0.3, -0.25) is 9.69 Å². The van der Waals surface area contributed by atoms with E-state index >= 15 is 0 Å². The number of hydrogen-bond donors (Lipinski definition) is 1. The number of hydrogen-bond acceptors (Lipinski definition) is 6. The van der Waals surface area contributed by atoms with E-state index in [1.807, 2.05) is 0 Å². The predicted octanol–water partition coefficient (Wildman–Crippen LogP) is -0.159. The van der Waals surface area contributed by atoms with Gasteiger partial charge in [-0.2, -0.15) is 4.98 Å². The Labute approximate surface area is 116 Å². The molecular formula is C13H17N5O2. The third-order valence-corrected chi connectivity index (χ3v) is 3.39. The second kappa shape index (κ2) is 5.56. The van der Waals surface area contributed by atoms with Crippen molar-refractivity contribution in [2.75, 3.05) is 26.2 Å². The molecule has 1 fully saturated rings. The Morgan fingerprint density at radius 2 is 2.20 bits per heavy atom. The first-order valence-electron chi connectivity index (χ1n) is 6.65. The maximum Gasteiger partial charge on any atom is 0.258 e. The summed E-state index contributed by atoms with van der Waals surface area (Å²) in [6, 6.07) is 3.30. The van der Waals surface area contributed by atoms with Crippen LogP contribution >= 0.6 is 0 Å². The minimum Gasteiger partial charge on any atom is -0.334 e. The second-order valence-electron chi connectivity index (χ2n) is 4.91. The summed E-state index contributed by atoms with van der Waals surface area (Å²) >= 11 is 0. The molecule has 2 aromatic heterocycles. The van der Waals surface area contributed by atoms with E-state index in [0.29, 0.717) is 23.8 Å². The molecule has 0 spiro atoms. The van der Waals surface area contributed by atoms with E-state index in [1.54, 1.807) is 19.3 Å². The lowest BCUT2D eigenvalue weighted by molar-refractivity contribution is 0.225. The van der Waals surface area contributed by atoms with Crippen LogP contribution in [0.15, 0.2) is 27.6 Å². The minimum atomic E-state index is -0.0932. The van der Waals surface area contributed by atoms with E-state index in [-0.39, 0.29) is 5.56 Å². The van der Waals surface area contributed by atoms with Crippen molar-refractivity contribution in [1.29, 1.82) is 0 Å².